The number of benzene rings is 2. The average Bonchev–Trinajstić information content (AvgIpc) is 3.30. The molecule has 0 unspecified atom stereocenters. The van der Waals surface area contributed by atoms with Crippen LogP contribution in [0.25, 0.3) is 0 Å². The molecule has 0 aliphatic rings. The summed E-state index contributed by atoms with van der Waals surface area (Å²) < 4.78 is 32.5. The summed E-state index contributed by atoms with van der Waals surface area (Å²) in [5.74, 6) is -1.25. The SMILES string of the molecule is C/C(=N\NC(=O)C(=O)NCc1ccco1)c1ccc(NS(=O)(=O)c2ccc(C)cc2)cc1. The van der Waals surface area contributed by atoms with Crippen molar-refractivity contribution in [1.82, 2.24) is 10.7 Å². The zero-order valence-corrected chi connectivity index (χ0v) is 18.3. The van der Waals surface area contributed by atoms with E-state index < -0.39 is 21.8 Å². The Morgan fingerprint density at radius 2 is 1.66 bits per heavy atom. The fraction of sp³-hybridized carbons (Fsp3) is 0.136. The summed E-state index contributed by atoms with van der Waals surface area (Å²) in [6, 6.07) is 16.3. The fourth-order valence-corrected chi connectivity index (χ4v) is 3.68. The van der Waals surface area contributed by atoms with Crippen molar-refractivity contribution in [1.29, 1.82) is 0 Å². The van der Waals surface area contributed by atoms with Crippen LogP contribution >= 0.6 is 0 Å². The van der Waals surface area contributed by atoms with Crippen molar-refractivity contribution < 1.29 is 22.4 Å². The third-order valence-corrected chi connectivity index (χ3v) is 5.82. The van der Waals surface area contributed by atoms with Crippen LogP contribution in [0.1, 0.15) is 23.8 Å². The van der Waals surface area contributed by atoms with E-state index in [1.807, 2.05) is 6.92 Å². The zero-order chi connectivity index (χ0) is 23.1. The summed E-state index contributed by atoms with van der Waals surface area (Å²) in [5.41, 5.74) is 4.60. The van der Waals surface area contributed by atoms with Crippen molar-refractivity contribution in [3.8, 4) is 0 Å². The number of hydrogen-bond acceptors (Lipinski definition) is 6. The molecule has 9 nitrogen and oxygen atoms in total. The summed E-state index contributed by atoms with van der Waals surface area (Å²) >= 11 is 0. The van der Waals surface area contributed by atoms with Crippen LogP contribution < -0.4 is 15.5 Å². The molecule has 1 heterocycles. The minimum absolute atomic E-state index is 0.0852. The smallest absolute Gasteiger partial charge is 0.329 e. The van der Waals surface area contributed by atoms with E-state index in [0.29, 0.717) is 22.7 Å². The molecule has 0 fully saturated rings. The largest absolute Gasteiger partial charge is 0.467 e. The number of nitrogens with one attached hydrogen (secondary N) is 3. The van der Waals surface area contributed by atoms with Crippen molar-refractivity contribution >= 4 is 33.2 Å². The predicted molar refractivity (Wildman–Crippen MR) is 119 cm³/mol. The van der Waals surface area contributed by atoms with Gasteiger partial charge in [-0.15, -0.1) is 0 Å². The first-order chi connectivity index (χ1) is 15.2. The molecule has 0 spiro atoms. The summed E-state index contributed by atoms with van der Waals surface area (Å²) in [6.07, 6.45) is 1.47. The molecule has 0 saturated carbocycles. The van der Waals surface area contributed by atoms with E-state index >= 15 is 0 Å². The van der Waals surface area contributed by atoms with Crippen LogP contribution in [0, 0.1) is 6.92 Å². The number of aryl methyl sites for hydroxylation is 1. The highest BCUT2D eigenvalue weighted by molar-refractivity contribution is 7.92. The van der Waals surface area contributed by atoms with Gasteiger partial charge in [0, 0.05) is 5.69 Å². The van der Waals surface area contributed by atoms with Crippen molar-refractivity contribution in [2.45, 2.75) is 25.3 Å². The molecule has 0 aliphatic carbocycles. The lowest BCUT2D eigenvalue weighted by molar-refractivity contribution is -0.139. The topological polar surface area (TPSA) is 130 Å². The van der Waals surface area contributed by atoms with E-state index in [1.54, 1.807) is 55.5 Å². The van der Waals surface area contributed by atoms with Crippen LogP contribution in [-0.4, -0.2) is 25.9 Å². The molecule has 0 radical (unpaired) electrons. The first kappa shape index (κ1) is 22.8. The monoisotopic (exact) mass is 454 g/mol. The van der Waals surface area contributed by atoms with Crippen molar-refractivity contribution in [3.63, 3.8) is 0 Å². The molecule has 32 heavy (non-hydrogen) atoms. The van der Waals surface area contributed by atoms with Gasteiger partial charge in [-0.05, 0) is 55.8 Å². The van der Waals surface area contributed by atoms with Gasteiger partial charge in [-0.25, -0.2) is 13.8 Å². The third kappa shape index (κ3) is 6.05. The van der Waals surface area contributed by atoms with Gasteiger partial charge in [-0.3, -0.25) is 14.3 Å². The number of amides is 2. The molecule has 0 bridgehead atoms. The van der Waals surface area contributed by atoms with Crippen LogP contribution in [0.2, 0.25) is 0 Å². The maximum atomic E-state index is 12.5. The lowest BCUT2D eigenvalue weighted by Crippen LogP contribution is -2.37. The highest BCUT2D eigenvalue weighted by Crippen LogP contribution is 2.17. The Labute approximate surface area is 185 Å². The normalized spacial score (nSPS) is 11.6. The second kappa shape index (κ2) is 9.92. The summed E-state index contributed by atoms with van der Waals surface area (Å²) in [4.78, 5) is 23.8. The lowest BCUT2D eigenvalue weighted by Gasteiger charge is -2.09. The molecular weight excluding hydrogens is 432 g/mol. The van der Waals surface area contributed by atoms with Gasteiger partial charge >= 0.3 is 11.8 Å². The molecule has 3 N–H and O–H groups in total. The van der Waals surface area contributed by atoms with E-state index in [9.17, 15) is 18.0 Å². The quantitative estimate of drug-likeness (QED) is 0.287. The van der Waals surface area contributed by atoms with Crippen molar-refractivity contribution in [2.24, 2.45) is 5.10 Å². The number of hydrazone groups is 1. The maximum Gasteiger partial charge on any atom is 0.329 e. The van der Waals surface area contributed by atoms with Gasteiger partial charge in [-0.1, -0.05) is 29.8 Å². The molecule has 3 aromatic rings. The van der Waals surface area contributed by atoms with Gasteiger partial charge in [-0.2, -0.15) is 5.10 Å². The number of sulfonamides is 1. The van der Waals surface area contributed by atoms with Crippen LogP contribution in [-0.2, 0) is 26.2 Å². The Kier molecular flexibility index (Phi) is 7.06. The molecular formula is C22H22N4O5S. The summed E-state index contributed by atoms with van der Waals surface area (Å²) in [6.45, 7) is 3.61. The second-order valence-corrected chi connectivity index (χ2v) is 8.58. The Morgan fingerprint density at radius 3 is 2.28 bits per heavy atom. The van der Waals surface area contributed by atoms with Gasteiger partial charge < -0.3 is 9.73 Å². The van der Waals surface area contributed by atoms with E-state index in [1.165, 1.54) is 18.4 Å². The minimum atomic E-state index is -3.70. The van der Waals surface area contributed by atoms with Crippen LogP contribution in [0.4, 0.5) is 5.69 Å². The Hall–Kier alpha value is -3.92. The van der Waals surface area contributed by atoms with E-state index in [-0.39, 0.29) is 11.4 Å². The molecule has 0 atom stereocenters. The predicted octanol–water partition coefficient (Wildman–Crippen LogP) is 2.55. The highest BCUT2D eigenvalue weighted by atomic mass is 32.2. The van der Waals surface area contributed by atoms with E-state index in [4.69, 9.17) is 4.42 Å². The first-order valence-corrected chi connectivity index (χ1v) is 11.1. The fourth-order valence-electron chi connectivity index (χ4n) is 2.62. The van der Waals surface area contributed by atoms with E-state index in [2.05, 4.69) is 20.6 Å². The standard InChI is InChI=1S/C22H22N4O5S/c1-15-5-11-20(12-6-15)32(29,30)26-18-9-7-17(8-10-18)16(2)24-25-22(28)21(27)23-14-19-4-3-13-31-19/h3-13,26H,14H2,1-2H3,(H,23,27)(H,25,28)/b24-16+. The number of carbonyl (C=O) groups excluding carboxylic acids is 2. The van der Waals surface area contributed by atoms with Crippen LogP contribution in [0.5, 0.6) is 0 Å². The Balaban J connectivity index is 1.57. The summed E-state index contributed by atoms with van der Waals surface area (Å²) in [7, 11) is -3.70. The van der Waals surface area contributed by atoms with Gasteiger partial charge in [0.05, 0.1) is 23.4 Å². The van der Waals surface area contributed by atoms with Gasteiger partial charge in [0.2, 0.25) is 0 Å². The number of furan rings is 1. The second-order valence-electron chi connectivity index (χ2n) is 6.90. The number of nitrogens with zero attached hydrogens (tertiary/aromatic N) is 1. The molecule has 166 valence electrons. The Morgan fingerprint density at radius 1 is 0.969 bits per heavy atom. The molecule has 10 heteroatoms. The molecule has 3 rings (SSSR count). The molecule has 1 aromatic heterocycles. The molecule has 2 aromatic carbocycles. The molecule has 0 saturated heterocycles. The number of carbonyl (C=O) groups is 2. The number of anilines is 1. The van der Waals surface area contributed by atoms with Crippen molar-refractivity contribution in [3.05, 3.63) is 83.8 Å². The average molecular weight is 455 g/mol. The first-order valence-electron chi connectivity index (χ1n) is 9.59. The van der Waals surface area contributed by atoms with Crippen LogP contribution in [0.15, 0.2) is 81.3 Å². The Bertz CT molecular complexity index is 1220. The molecule has 0 aliphatic heterocycles. The number of rotatable bonds is 7. The summed E-state index contributed by atoms with van der Waals surface area (Å²) in [5, 5.41) is 6.33. The third-order valence-electron chi connectivity index (χ3n) is 4.42. The van der Waals surface area contributed by atoms with Crippen LogP contribution in [0.3, 0.4) is 0 Å². The number of hydrogen-bond donors (Lipinski definition) is 3. The van der Waals surface area contributed by atoms with Gasteiger partial charge in [0.25, 0.3) is 10.0 Å². The minimum Gasteiger partial charge on any atom is -0.467 e. The van der Waals surface area contributed by atoms with Gasteiger partial charge in [0.15, 0.2) is 0 Å². The highest BCUT2D eigenvalue weighted by Gasteiger charge is 2.15. The maximum absolute atomic E-state index is 12.5. The molecule has 2 amide bonds. The van der Waals surface area contributed by atoms with Gasteiger partial charge in [0.1, 0.15) is 5.76 Å². The van der Waals surface area contributed by atoms with E-state index in [0.717, 1.165) is 5.56 Å². The van der Waals surface area contributed by atoms with Crippen molar-refractivity contribution in [2.75, 3.05) is 4.72 Å². The zero-order valence-electron chi connectivity index (χ0n) is 17.5. The lowest BCUT2D eigenvalue weighted by atomic mass is 10.1.